The van der Waals surface area contributed by atoms with E-state index in [1.807, 2.05) is 36.4 Å². The topological polar surface area (TPSA) is 37.3 Å². The molecule has 0 saturated heterocycles. The SMILES string of the molecule is O=C(O)C(Cc1ccc(Br)cc1Cl)c1ccc(Br)cc1. The summed E-state index contributed by atoms with van der Waals surface area (Å²) in [5.74, 6) is -1.46. The minimum absolute atomic E-state index is 0.364. The Morgan fingerprint density at radius 2 is 1.70 bits per heavy atom. The summed E-state index contributed by atoms with van der Waals surface area (Å²) in [7, 11) is 0. The van der Waals surface area contributed by atoms with Crippen LogP contribution in [0.1, 0.15) is 17.0 Å². The lowest BCUT2D eigenvalue weighted by Gasteiger charge is -2.14. The Kier molecular flexibility index (Phi) is 5.24. The van der Waals surface area contributed by atoms with E-state index in [1.54, 1.807) is 6.07 Å². The van der Waals surface area contributed by atoms with Crippen molar-refractivity contribution in [3.63, 3.8) is 0 Å². The first kappa shape index (κ1) is 15.5. The van der Waals surface area contributed by atoms with Gasteiger partial charge in [-0.05, 0) is 41.8 Å². The van der Waals surface area contributed by atoms with Crippen molar-refractivity contribution in [3.8, 4) is 0 Å². The second kappa shape index (κ2) is 6.74. The van der Waals surface area contributed by atoms with Crippen molar-refractivity contribution in [1.82, 2.24) is 0 Å². The molecule has 0 aliphatic carbocycles. The molecule has 0 heterocycles. The van der Waals surface area contributed by atoms with E-state index < -0.39 is 11.9 Å². The van der Waals surface area contributed by atoms with Crippen LogP contribution >= 0.6 is 43.5 Å². The number of benzene rings is 2. The van der Waals surface area contributed by atoms with E-state index in [4.69, 9.17) is 11.6 Å². The van der Waals surface area contributed by atoms with Crippen molar-refractivity contribution in [2.24, 2.45) is 0 Å². The fourth-order valence-electron chi connectivity index (χ4n) is 1.95. The first-order valence-electron chi connectivity index (χ1n) is 5.89. The average molecular weight is 419 g/mol. The Morgan fingerprint density at radius 3 is 2.25 bits per heavy atom. The van der Waals surface area contributed by atoms with Gasteiger partial charge in [0.1, 0.15) is 0 Å². The van der Waals surface area contributed by atoms with Crippen molar-refractivity contribution in [3.05, 3.63) is 67.6 Å². The molecule has 1 atom stereocenters. The van der Waals surface area contributed by atoms with Crippen LogP contribution in [0.3, 0.4) is 0 Å². The molecule has 5 heteroatoms. The summed E-state index contributed by atoms with van der Waals surface area (Å²) >= 11 is 12.8. The molecule has 0 amide bonds. The fourth-order valence-corrected chi connectivity index (χ4v) is 2.96. The van der Waals surface area contributed by atoms with Gasteiger partial charge < -0.3 is 5.11 Å². The Bertz CT molecular complexity index is 626. The number of carbonyl (C=O) groups is 1. The molecular formula is C15H11Br2ClO2. The van der Waals surface area contributed by atoms with Crippen LogP contribution in [0.5, 0.6) is 0 Å². The molecule has 2 rings (SSSR count). The zero-order chi connectivity index (χ0) is 14.7. The zero-order valence-electron chi connectivity index (χ0n) is 10.3. The van der Waals surface area contributed by atoms with E-state index in [1.165, 1.54) is 0 Å². The molecule has 2 aromatic carbocycles. The van der Waals surface area contributed by atoms with Crippen LogP contribution in [0.4, 0.5) is 0 Å². The molecule has 0 bridgehead atoms. The van der Waals surface area contributed by atoms with Gasteiger partial charge >= 0.3 is 5.97 Å². The van der Waals surface area contributed by atoms with Gasteiger partial charge in [-0.15, -0.1) is 0 Å². The summed E-state index contributed by atoms with van der Waals surface area (Å²) in [6.07, 6.45) is 0.364. The van der Waals surface area contributed by atoms with Crippen LogP contribution in [-0.2, 0) is 11.2 Å². The van der Waals surface area contributed by atoms with Crippen LogP contribution in [0.2, 0.25) is 5.02 Å². The van der Waals surface area contributed by atoms with Crippen LogP contribution < -0.4 is 0 Å². The summed E-state index contributed by atoms with van der Waals surface area (Å²) < 4.78 is 1.80. The normalized spacial score (nSPS) is 12.2. The van der Waals surface area contributed by atoms with Gasteiger partial charge in [0.15, 0.2) is 0 Å². The molecule has 2 nitrogen and oxygen atoms in total. The third kappa shape index (κ3) is 3.84. The number of hydrogen-bond acceptors (Lipinski definition) is 1. The van der Waals surface area contributed by atoms with Gasteiger partial charge in [-0.1, -0.05) is 61.7 Å². The van der Waals surface area contributed by atoms with E-state index in [2.05, 4.69) is 31.9 Å². The van der Waals surface area contributed by atoms with Crippen LogP contribution in [-0.4, -0.2) is 11.1 Å². The standard InChI is InChI=1S/C15H11Br2ClO2/c16-11-4-1-9(2-5-11)13(15(19)20)7-10-3-6-12(17)8-14(10)18/h1-6,8,13H,7H2,(H,19,20). The molecule has 2 aromatic rings. The summed E-state index contributed by atoms with van der Waals surface area (Å²) in [6.45, 7) is 0. The first-order valence-corrected chi connectivity index (χ1v) is 7.86. The molecular weight excluding hydrogens is 407 g/mol. The van der Waals surface area contributed by atoms with Crippen molar-refractivity contribution < 1.29 is 9.90 Å². The maximum Gasteiger partial charge on any atom is 0.311 e. The van der Waals surface area contributed by atoms with Gasteiger partial charge in [0.2, 0.25) is 0 Å². The third-order valence-electron chi connectivity index (χ3n) is 3.01. The first-order chi connectivity index (χ1) is 9.47. The van der Waals surface area contributed by atoms with Gasteiger partial charge in [0.25, 0.3) is 0 Å². The summed E-state index contributed by atoms with van der Waals surface area (Å²) in [6, 6.07) is 12.8. The maximum atomic E-state index is 11.5. The van der Waals surface area contributed by atoms with Gasteiger partial charge in [-0.3, -0.25) is 4.79 Å². The molecule has 0 saturated carbocycles. The lowest BCUT2D eigenvalue weighted by molar-refractivity contribution is -0.138. The lowest BCUT2D eigenvalue weighted by Crippen LogP contribution is -2.14. The number of carboxylic acid groups (broad SMARTS) is 1. The second-order valence-corrected chi connectivity index (χ2v) is 6.62. The van der Waals surface area contributed by atoms with Crippen LogP contribution in [0, 0.1) is 0 Å². The predicted molar refractivity (Wildman–Crippen MR) is 87.4 cm³/mol. The van der Waals surface area contributed by atoms with Crippen LogP contribution in [0.15, 0.2) is 51.4 Å². The Hall–Kier alpha value is -0.840. The maximum absolute atomic E-state index is 11.5. The molecule has 0 fully saturated rings. The molecule has 0 spiro atoms. The summed E-state index contributed by atoms with van der Waals surface area (Å²) in [5, 5.41) is 10.0. The number of rotatable bonds is 4. The zero-order valence-corrected chi connectivity index (χ0v) is 14.2. The second-order valence-electron chi connectivity index (χ2n) is 4.38. The van der Waals surface area contributed by atoms with Crippen LogP contribution in [0.25, 0.3) is 0 Å². The van der Waals surface area contributed by atoms with Crippen molar-refractivity contribution in [2.75, 3.05) is 0 Å². The third-order valence-corrected chi connectivity index (χ3v) is 4.38. The van der Waals surface area contributed by atoms with Crippen molar-refractivity contribution >= 4 is 49.4 Å². The highest BCUT2D eigenvalue weighted by molar-refractivity contribution is 9.10. The molecule has 1 unspecified atom stereocenters. The van der Waals surface area contributed by atoms with Gasteiger partial charge in [0.05, 0.1) is 5.92 Å². The monoisotopic (exact) mass is 416 g/mol. The van der Waals surface area contributed by atoms with E-state index in [-0.39, 0.29) is 0 Å². The lowest BCUT2D eigenvalue weighted by atomic mass is 9.92. The molecule has 1 N–H and O–H groups in total. The molecule has 20 heavy (non-hydrogen) atoms. The molecule has 0 radical (unpaired) electrons. The Labute approximate surface area is 139 Å². The minimum atomic E-state index is -0.855. The highest BCUT2D eigenvalue weighted by Gasteiger charge is 2.21. The summed E-state index contributed by atoms with van der Waals surface area (Å²) in [4.78, 5) is 11.5. The molecule has 0 aliphatic rings. The fraction of sp³-hybridized carbons (Fsp3) is 0.133. The molecule has 0 aromatic heterocycles. The van der Waals surface area contributed by atoms with E-state index >= 15 is 0 Å². The van der Waals surface area contributed by atoms with Crippen molar-refractivity contribution in [1.29, 1.82) is 0 Å². The number of hydrogen-bond donors (Lipinski definition) is 1. The Morgan fingerprint density at radius 1 is 1.10 bits per heavy atom. The van der Waals surface area contributed by atoms with Gasteiger partial charge in [-0.25, -0.2) is 0 Å². The minimum Gasteiger partial charge on any atom is -0.481 e. The average Bonchev–Trinajstić information content (AvgIpc) is 2.39. The number of halogens is 3. The smallest absolute Gasteiger partial charge is 0.311 e. The molecule has 0 aliphatic heterocycles. The predicted octanol–water partition coefficient (Wildman–Crippen LogP) is 5.28. The number of carboxylic acids is 1. The van der Waals surface area contributed by atoms with E-state index in [9.17, 15) is 9.90 Å². The highest BCUT2D eigenvalue weighted by atomic mass is 79.9. The summed E-state index contributed by atoms with van der Waals surface area (Å²) in [5.41, 5.74) is 1.59. The van der Waals surface area contributed by atoms with Crippen molar-refractivity contribution in [2.45, 2.75) is 12.3 Å². The quantitative estimate of drug-likeness (QED) is 0.734. The highest BCUT2D eigenvalue weighted by Crippen LogP contribution is 2.28. The van der Waals surface area contributed by atoms with Gasteiger partial charge in [-0.2, -0.15) is 0 Å². The van der Waals surface area contributed by atoms with E-state index in [0.29, 0.717) is 11.4 Å². The molecule has 104 valence electrons. The van der Waals surface area contributed by atoms with Gasteiger partial charge in [0, 0.05) is 14.0 Å². The van der Waals surface area contributed by atoms with E-state index in [0.717, 1.165) is 20.1 Å². The Balaban J connectivity index is 2.30. The largest absolute Gasteiger partial charge is 0.481 e. The number of aliphatic carboxylic acids is 1.